The highest BCUT2D eigenvalue weighted by atomic mass is 16.5. The molecule has 0 saturated heterocycles. The molecule has 20 heavy (non-hydrogen) atoms. The molecular formula is C14H12N2O4. The zero-order valence-electron chi connectivity index (χ0n) is 10.9. The van der Waals surface area contributed by atoms with Crippen LogP contribution in [0.25, 0.3) is 11.4 Å². The van der Waals surface area contributed by atoms with E-state index in [1.165, 1.54) is 7.11 Å². The minimum Gasteiger partial charge on any atom is -0.465 e. The molecule has 0 aliphatic carbocycles. The van der Waals surface area contributed by atoms with Crippen LogP contribution in [0.1, 0.15) is 26.4 Å². The fourth-order valence-corrected chi connectivity index (χ4v) is 3.09. The number of carbonyl (C=O) groups is 2. The van der Waals surface area contributed by atoms with E-state index in [-0.39, 0.29) is 12.6 Å². The molecule has 6 heteroatoms. The van der Waals surface area contributed by atoms with Gasteiger partial charge >= 0.3 is 11.9 Å². The fourth-order valence-electron chi connectivity index (χ4n) is 3.09. The summed E-state index contributed by atoms with van der Waals surface area (Å²) >= 11 is 0. The molecule has 0 atom stereocenters. The number of fused-ring (bicyclic) bond motifs is 5. The number of aromatic nitrogens is 2. The molecule has 2 aromatic rings. The first-order valence-corrected chi connectivity index (χ1v) is 6.38. The van der Waals surface area contributed by atoms with Gasteiger partial charge in [-0.3, -0.25) is 0 Å². The largest absolute Gasteiger partial charge is 0.465 e. The maximum atomic E-state index is 12.1. The lowest BCUT2D eigenvalue weighted by Crippen LogP contribution is -2.20. The lowest BCUT2D eigenvalue weighted by Gasteiger charge is -2.21. The van der Waals surface area contributed by atoms with Gasteiger partial charge in [-0.25, -0.2) is 9.59 Å². The van der Waals surface area contributed by atoms with Crippen molar-refractivity contribution in [3.63, 3.8) is 0 Å². The van der Waals surface area contributed by atoms with Gasteiger partial charge in [0.2, 0.25) is 0 Å². The highest BCUT2D eigenvalue weighted by Crippen LogP contribution is 2.38. The highest BCUT2D eigenvalue weighted by molar-refractivity contribution is 6.04. The van der Waals surface area contributed by atoms with Gasteiger partial charge in [-0.05, 0) is 12.1 Å². The molecule has 4 rings (SSSR count). The molecule has 0 bridgehead atoms. The van der Waals surface area contributed by atoms with Crippen molar-refractivity contribution in [2.45, 2.75) is 19.7 Å². The van der Waals surface area contributed by atoms with Gasteiger partial charge < -0.3 is 18.6 Å². The van der Waals surface area contributed by atoms with Crippen molar-refractivity contribution in [2.75, 3.05) is 7.11 Å². The van der Waals surface area contributed by atoms with Gasteiger partial charge in [-0.2, -0.15) is 0 Å². The lowest BCUT2D eigenvalue weighted by atomic mass is 10.1. The Hall–Kier alpha value is -2.50. The zero-order valence-corrected chi connectivity index (χ0v) is 10.9. The topological polar surface area (TPSA) is 62.5 Å². The van der Waals surface area contributed by atoms with E-state index in [4.69, 9.17) is 9.47 Å². The first-order valence-electron chi connectivity index (χ1n) is 6.38. The summed E-state index contributed by atoms with van der Waals surface area (Å²) in [5.41, 5.74) is 3.28. The van der Waals surface area contributed by atoms with Gasteiger partial charge in [-0.15, -0.1) is 0 Å². The molecule has 2 aromatic heterocycles. The van der Waals surface area contributed by atoms with E-state index >= 15 is 0 Å². The molecule has 0 fully saturated rings. The summed E-state index contributed by atoms with van der Waals surface area (Å²) in [5.74, 6) is -0.792. The van der Waals surface area contributed by atoms with Gasteiger partial charge in [-0.1, -0.05) is 0 Å². The number of cyclic esters (lactones) is 1. The first kappa shape index (κ1) is 11.3. The van der Waals surface area contributed by atoms with Gasteiger partial charge in [0.15, 0.2) is 0 Å². The number of methoxy groups -OCH3 is 1. The van der Waals surface area contributed by atoms with Gasteiger partial charge in [0.1, 0.15) is 12.3 Å². The predicted octanol–water partition coefficient (Wildman–Crippen LogP) is 1.43. The summed E-state index contributed by atoms with van der Waals surface area (Å²) in [6.07, 6.45) is 1.97. The maximum absolute atomic E-state index is 12.1. The molecule has 0 spiro atoms. The molecule has 2 aliphatic heterocycles. The smallest absolute Gasteiger partial charge is 0.355 e. The Labute approximate surface area is 114 Å². The van der Waals surface area contributed by atoms with Gasteiger partial charge in [0.05, 0.1) is 24.1 Å². The number of hydrogen-bond acceptors (Lipinski definition) is 4. The van der Waals surface area contributed by atoms with Crippen LogP contribution in [-0.2, 0) is 29.2 Å². The molecule has 0 saturated carbocycles. The van der Waals surface area contributed by atoms with E-state index in [1.807, 2.05) is 22.9 Å². The van der Waals surface area contributed by atoms with E-state index in [9.17, 15) is 9.59 Å². The molecule has 0 amide bonds. The fraction of sp³-hybridized carbons (Fsp3) is 0.286. The van der Waals surface area contributed by atoms with Crippen LogP contribution in [-0.4, -0.2) is 28.2 Å². The van der Waals surface area contributed by atoms with Crippen molar-refractivity contribution >= 4 is 11.9 Å². The van der Waals surface area contributed by atoms with Crippen molar-refractivity contribution in [1.29, 1.82) is 0 Å². The number of hydrogen-bond donors (Lipinski definition) is 0. The minimum atomic E-state index is -0.428. The summed E-state index contributed by atoms with van der Waals surface area (Å²) in [4.78, 5) is 24.0. The Morgan fingerprint density at radius 1 is 1.35 bits per heavy atom. The number of esters is 2. The van der Waals surface area contributed by atoms with Crippen LogP contribution in [0.2, 0.25) is 0 Å². The van der Waals surface area contributed by atoms with Crippen LogP contribution in [0.3, 0.4) is 0 Å². The minimum absolute atomic E-state index is 0.138. The average Bonchev–Trinajstić information content (AvgIpc) is 3.12. The molecule has 102 valence electrons. The second-order valence-electron chi connectivity index (χ2n) is 4.86. The Kier molecular flexibility index (Phi) is 2.13. The summed E-state index contributed by atoms with van der Waals surface area (Å²) in [7, 11) is 1.35. The average molecular weight is 272 g/mol. The van der Waals surface area contributed by atoms with Crippen LogP contribution in [0, 0.1) is 0 Å². The van der Waals surface area contributed by atoms with Gasteiger partial charge in [0, 0.05) is 24.8 Å². The van der Waals surface area contributed by atoms with E-state index < -0.39 is 5.97 Å². The number of rotatable bonds is 1. The highest BCUT2D eigenvalue weighted by Gasteiger charge is 2.38. The van der Waals surface area contributed by atoms with E-state index in [2.05, 4.69) is 4.57 Å². The van der Waals surface area contributed by atoms with Crippen LogP contribution in [0.15, 0.2) is 18.3 Å². The lowest BCUT2D eigenvalue weighted by molar-refractivity contribution is 0.0513. The van der Waals surface area contributed by atoms with Crippen LogP contribution < -0.4 is 0 Å². The summed E-state index contributed by atoms with van der Waals surface area (Å²) in [5, 5.41) is 0. The Morgan fingerprint density at radius 3 is 3.00 bits per heavy atom. The normalized spacial score (nSPS) is 15.3. The van der Waals surface area contributed by atoms with Crippen molar-refractivity contribution < 1.29 is 19.1 Å². The quantitative estimate of drug-likeness (QED) is 0.737. The molecular weight excluding hydrogens is 260 g/mol. The second kappa shape index (κ2) is 3.75. The molecule has 0 N–H and O–H groups in total. The van der Waals surface area contributed by atoms with Crippen molar-refractivity contribution in [1.82, 2.24) is 9.13 Å². The van der Waals surface area contributed by atoms with E-state index in [0.29, 0.717) is 23.4 Å². The molecule has 4 heterocycles. The number of ether oxygens (including phenoxy) is 2. The van der Waals surface area contributed by atoms with Crippen LogP contribution >= 0.6 is 0 Å². The molecule has 0 unspecified atom stereocenters. The van der Waals surface area contributed by atoms with Crippen molar-refractivity contribution in [2.24, 2.45) is 0 Å². The van der Waals surface area contributed by atoms with E-state index in [1.54, 1.807) is 0 Å². The monoisotopic (exact) mass is 272 g/mol. The van der Waals surface area contributed by atoms with E-state index in [0.717, 1.165) is 17.9 Å². The molecule has 6 nitrogen and oxygen atoms in total. The van der Waals surface area contributed by atoms with Crippen LogP contribution in [0.4, 0.5) is 0 Å². The van der Waals surface area contributed by atoms with Crippen LogP contribution in [0.5, 0.6) is 0 Å². The third kappa shape index (κ3) is 1.23. The molecule has 2 aliphatic rings. The second-order valence-corrected chi connectivity index (χ2v) is 4.86. The molecule has 0 radical (unpaired) electrons. The zero-order chi connectivity index (χ0) is 13.9. The predicted molar refractivity (Wildman–Crippen MR) is 68.3 cm³/mol. The summed E-state index contributed by atoms with van der Waals surface area (Å²) in [6, 6.07) is 3.88. The summed E-state index contributed by atoms with van der Waals surface area (Å²) in [6.45, 7) is 1.55. The Morgan fingerprint density at radius 2 is 2.20 bits per heavy atom. The SMILES string of the molecule is COC(=O)c1c2c(n3c1-c1cccn1CC3)C(=O)OC2. The third-order valence-electron chi connectivity index (χ3n) is 3.93. The number of nitrogens with zero attached hydrogens (tertiary/aromatic N) is 2. The Bertz CT molecular complexity index is 754. The first-order chi connectivity index (χ1) is 9.72. The Balaban J connectivity index is 2.08. The molecule has 0 aromatic carbocycles. The standard InChI is InChI=1S/C14H12N2O4/c1-19-13(17)10-8-7-20-14(18)11(8)16-6-5-15-4-2-3-9(15)12(10)16/h2-4H,5-7H2,1H3. The van der Waals surface area contributed by atoms with Gasteiger partial charge in [0.25, 0.3) is 0 Å². The summed E-state index contributed by atoms with van der Waals surface area (Å²) < 4.78 is 13.9. The number of carbonyl (C=O) groups excluding carboxylic acids is 2. The van der Waals surface area contributed by atoms with Crippen molar-refractivity contribution in [3.8, 4) is 11.4 Å². The maximum Gasteiger partial charge on any atom is 0.355 e. The third-order valence-corrected chi connectivity index (χ3v) is 3.93. The van der Waals surface area contributed by atoms with Crippen molar-refractivity contribution in [3.05, 3.63) is 35.2 Å². The number of aryl methyl sites for hydroxylation is 1.